The summed E-state index contributed by atoms with van der Waals surface area (Å²) in [5.74, 6) is -0.402. The number of anilines is 1. The van der Waals surface area contributed by atoms with E-state index in [1.165, 1.54) is 0 Å². The van der Waals surface area contributed by atoms with Crippen LogP contribution in [0, 0.1) is 6.92 Å². The maximum absolute atomic E-state index is 12.4. The molecule has 1 aromatic heterocycles. The van der Waals surface area contributed by atoms with E-state index in [-0.39, 0.29) is 13.0 Å². The van der Waals surface area contributed by atoms with Gasteiger partial charge in [0, 0.05) is 17.0 Å². The summed E-state index contributed by atoms with van der Waals surface area (Å²) in [4.78, 5) is 23.2. The van der Waals surface area contributed by atoms with Crippen molar-refractivity contribution in [3.05, 3.63) is 106 Å². The van der Waals surface area contributed by atoms with Gasteiger partial charge in [-0.05, 0) is 41.7 Å². The van der Waals surface area contributed by atoms with Gasteiger partial charge in [0.2, 0.25) is 0 Å². The Labute approximate surface area is 213 Å². The summed E-state index contributed by atoms with van der Waals surface area (Å²) in [6.45, 7) is 1.93. The zero-order valence-electron chi connectivity index (χ0n) is 19.7. The summed E-state index contributed by atoms with van der Waals surface area (Å²) in [7, 11) is 0. The molecule has 184 valence electrons. The van der Waals surface area contributed by atoms with Gasteiger partial charge in [-0.25, -0.2) is 4.79 Å². The van der Waals surface area contributed by atoms with Gasteiger partial charge < -0.3 is 14.4 Å². The van der Waals surface area contributed by atoms with Crippen LogP contribution >= 0.6 is 11.6 Å². The molecule has 0 aliphatic heterocycles. The third-order valence-corrected chi connectivity index (χ3v) is 6.02. The van der Waals surface area contributed by atoms with E-state index in [0.29, 0.717) is 35.0 Å². The number of halogens is 1. The van der Waals surface area contributed by atoms with Crippen molar-refractivity contribution >= 4 is 29.4 Å². The van der Waals surface area contributed by atoms with Crippen molar-refractivity contribution in [2.75, 3.05) is 11.9 Å². The number of carbonyl (C=O) groups excluding carboxylic acids is 1. The van der Waals surface area contributed by atoms with Crippen LogP contribution in [0.4, 0.5) is 10.5 Å². The van der Waals surface area contributed by atoms with Crippen molar-refractivity contribution in [3.63, 3.8) is 0 Å². The van der Waals surface area contributed by atoms with Crippen molar-refractivity contribution in [1.82, 2.24) is 5.16 Å². The normalized spacial score (nSPS) is 10.7. The second-order valence-electron chi connectivity index (χ2n) is 8.34. The highest BCUT2D eigenvalue weighted by molar-refractivity contribution is 6.31. The van der Waals surface area contributed by atoms with Crippen LogP contribution in [0.2, 0.25) is 5.02 Å². The number of aliphatic carboxylic acids is 1. The molecule has 0 aliphatic carbocycles. The van der Waals surface area contributed by atoms with E-state index in [1.54, 1.807) is 13.0 Å². The fraction of sp³-hybridized carbons (Fsp3) is 0.179. The van der Waals surface area contributed by atoms with Gasteiger partial charge in [0.1, 0.15) is 11.4 Å². The number of carbonyl (C=O) groups is 2. The molecule has 0 saturated heterocycles. The molecule has 0 atom stereocenters. The SMILES string of the molecule is Cc1noc(-c2ccc(Cc3ccc(CC(=O)O)cc3)cc2)c1NC(=O)OCCc1ccccc1Cl. The van der Waals surface area contributed by atoms with Gasteiger partial charge in [0.25, 0.3) is 0 Å². The molecule has 7 nitrogen and oxygen atoms in total. The van der Waals surface area contributed by atoms with E-state index in [4.69, 9.17) is 26.0 Å². The van der Waals surface area contributed by atoms with Crippen molar-refractivity contribution < 1.29 is 24.0 Å². The van der Waals surface area contributed by atoms with E-state index < -0.39 is 12.1 Å². The number of aryl methyl sites for hydroxylation is 1. The topological polar surface area (TPSA) is 102 Å². The molecule has 1 heterocycles. The number of amides is 1. The molecule has 0 unspecified atom stereocenters. The van der Waals surface area contributed by atoms with Crippen LogP contribution in [-0.2, 0) is 28.8 Å². The fourth-order valence-electron chi connectivity index (χ4n) is 3.77. The van der Waals surface area contributed by atoms with Crippen LogP contribution in [0.15, 0.2) is 77.3 Å². The number of carboxylic acids is 1. The quantitative estimate of drug-likeness (QED) is 0.277. The molecule has 4 rings (SSSR count). The molecule has 0 radical (unpaired) electrons. The Bertz CT molecular complexity index is 1350. The molecule has 0 fully saturated rings. The van der Waals surface area contributed by atoms with Gasteiger partial charge >= 0.3 is 12.1 Å². The molecule has 0 saturated carbocycles. The molecule has 36 heavy (non-hydrogen) atoms. The Kier molecular flexibility index (Phi) is 8.02. The molecule has 3 aromatic carbocycles. The van der Waals surface area contributed by atoms with Crippen molar-refractivity contribution in [2.24, 2.45) is 0 Å². The van der Waals surface area contributed by atoms with Crippen LogP contribution < -0.4 is 5.32 Å². The van der Waals surface area contributed by atoms with Gasteiger partial charge in [0.15, 0.2) is 5.76 Å². The highest BCUT2D eigenvalue weighted by Crippen LogP contribution is 2.31. The highest BCUT2D eigenvalue weighted by Gasteiger charge is 2.18. The lowest BCUT2D eigenvalue weighted by Gasteiger charge is -2.09. The predicted octanol–water partition coefficient (Wildman–Crippen LogP) is 6.31. The van der Waals surface area contributed by atoms with E-state index in [1.807, 2.05) is 66.7 Å². The minimum Gasteiger partial charge on any atom is -0.481 e. The minimum atomic E-state index is -0.847. The molecule has 2 N–H and O–H groups in total. The molecular formula is C28H25ClN2O5. The van der Waals surface area contributed by atoms with Crippen LogP contribution in [0.5, 0.6) is 0 Å². The molecule has 4 aromatic rings. The summed E-state index contributed by atoms with van der Waals surface area (Å²) < 4.78 is 10.8. The van der Waals surface area contributed by atoms with Gasteiger partial charge in [0.05, 0.1) is 13.0 Å². The Hall–Kier alpha value is -4.10. The standard InChI is InChI=1S/C28H25ClN2O5/c1-18-26(30-28(34)35-15-14-22-4-2-3-5-24(22)29)27(36-31-18)23-12-10-20(11-13-23)16-19-6-8-21(9-7-19)17-25(32)33/h2-13H,14-17H2,1H3,(H,30,34)(H,32,33). The Balaban J connectivity index is 1.37. The average Bonchev–Trinajstić information content (AvgIpc) is 3.21. The molecule has 0 bridgehead atoms. The van der Waals surface area contributed by atoms with Gasteiger partial charge in [-0.3, -0.25) is 10.1 Å². The Morgan fingerprint density at radius 1 is 0.972 bits per heavy atom. The first-order valence-corrected chi connectivity index (χ1v) is 11.8. The fourth-order valence-corrected chi connectivity index (χ4v) is 4.00. The number of aromatic nitrogens is 1. The molecule has 0 aliphatic rings. The number of nitrogens with zero attached hydrogens (tertiary/aromatic N) is 1. The Morgan fingerprint density at radius 3 is 2.28 bits per heavy atom. The van der Waals surface area contributed by atoms with E-state index in [0.717, 1.165) is 27.8 Å². The van der Waals surface area contributed by atoms with E-state index >= 15 is 0 Å². The molecular weight excluding hydrogens is 480 g/mol. The number of carboxylic acid groups (broad SMARTS) is 1. The van der Waals surface area contributed by atoms with Crippen LogP contribution in [-0.4, -0.2) is 28.9 Å². The lowest BCUT2D eigenvalue weighted by molar-refractivity contribution is -0.136. The monoisotopic (exact) mass is 504 g/mol. The number of hydrogen-bond donors (Lipinski definition) is 2. The number of rotatable bonds is 9. The van der Waals surface area contributed by atoms with Crippen molar-refractivity contribution in [3.8, 4) is 11.3 Å². The summed E-state index contributed by atoms with van der Waals surface area (Å²) in [6.07, 6.45) is 0.618. The third-order valence-electron chi connectivity index (χ3n) is 5.65. The van der Waals surface area contributed by atoms with Crippen LogP contribution in [0.25, 0.3) is 11.3 Å². The first-order valence-electron chi connectivity index (χ1n) is 11.4. The van der Waals surface area contributed by atoms with Crippen LogP contribution in [0.3, 0.4) is 0 Å². The lowest BCUT2D eigenvalue weighted by Crippen LogP contribution is -2.16. The smallest absolute Gasteiger partial charge is 0.411 e. The first-order chi connectivity index (χ1) is 17.4. The number of nitrogens with one attached hydrogen (secondary N) is 1. The van der Waals surface area contributed by atoms with E-state index in [9.17, 15) is 9.59 Å². The maximum atomic E-state index is 12.4. The van der Waals surface area contributed by atoms with Crippen molar-refractivity contribution in [1.29, 1.82) is 0 Å². The largest absolute Gasteiger partial charge is 0.481 e. The molecule has 1 amide bonds. The Morgan fingerprint density at radius 2 is 1.61 bits per heavy atom. The van der Waals surface area contributed by atoms with Gasteiger partial charge in [-0.2, -0.15) is 0 Å². The second kappa shape index (κ2) is 11.6. The summed E-state index contributed by atoms with van der Waals surface area (Å²) in [5.41, 5.74) is 5.60. The number of hydrogen-bond acceptors (Lipinski definition) is 5. The predicted molar refractivity (Wildman–Crippen MR) is 137 cm³/mol. The number of benzene rings is 3. The second-order valence-corrected chi connectivity index (χ2v) is 8.74. The van der Waals surface area contributed by atoms with Gasteiger partial charge in [-0.15, -0.1) is 0 Å². The summed E-state index contributed by atoms with van der Waals surface area (Å²) in [5, 5.41) is 16.3. The summed E-state index contributed by atoms with van der Waals surface area (Å²) >= 11 is 6.15. The van der Waals surface area contributed by atoms with E-state index in [2.05, 4.69) is 10.5 Å². The van der Waals surface area contributed by atoms with Gasteiger partial charge in [-0.1, -0.05) is 83.5 Å². The van der Waals surface area contributed by atoms with Crippen LogP contribution in [0.1, 0.15) is 27.9 Å². The average molecular weight is 505 g/mol. The zero-order chi connectivity index (χ0) is 25.5. The highest BCUT2D eigenvalue weighted by atomic mass is 35.5. The summed E-state index contributed by atoms with van der Waals surface area (Å²) in [6, 6.07) is 22.7. The lowest BCUT2D eigenvalue weighted by atomic mass is 10.0. The first kappa shape index (κ1) is 25.0. The van der Waals surface area contributed by atoms with Crippen molar-refractivity contribution in [2.45, 2.75) is 26.2 Å². The third kappa shape index (κ3) is 6.52. The maximum Gasteiger partial charge on any atom is 0.411 e. The number of ether oxygens (including phenoxy) is 1. The molecule has 8 heteroatoms. The molecule has 0 spiro atoms. The minimum absolute atomic E-state index is 0.0108. The zero-order valence-corrected chi connectivity index (χ0v) is 20.4.